The molecule has 1 aromatic heterocycles. The van der Waals surface area contributed by atoms with Crippen LogP contribution in [0.2, 0.25) is 0 Å². The number of imide groups is 1. The third kappa shape index (κ3) is 3.69. The minimum Gasteiger partial charge on any atom is -0.449 e. The molecule has 1 fully saturated rings. The third-order valence-electron chi connectivity index (χ3n) is 3.04. The molecule has 2 heterocycles. The minimum atomic E-state index is -0.990. The van der Waals surface area contributed by atoms with Crippen molar-refractivity contribution in [2.45, 2.75) is 20.0 Å². The van der Waals surface area contributed by atoms with Crippen LogP contribution < -0.4 is 5.32 Å². The van der Waals surface area contributed by atoms with Gasteiger partial charge in [-0.3, -0.25) is 9.69 Å². The lowest BCUT2D eigenvalue weighted by Crippen LogP contribution is -2.41. The maximum atomic E-state index is 11.9. The van der Waals surface area contributed by atoms with Gasteiger partial charge in [0.05, 0.1) is 0 Å². The van der Waals surface area contributed by atoms with Crippen LogP contribution in [0.4, 0.5) is 4.79 Å². The van der Waals surface area contributed by atoms with Crippen molar-refractivity contribution < 1.29 is 19.1 Å². The summed E-state index contributed by atoms with van der Waals surface area (Å²) in [6.45, 7) is 4.11. The summed E-state index contributed by atoms with van der Waals surface area (Å²) in [7, 11) is 0. The van der Waals surface area contributed by atoms with Crippen LogP contribution in [0.3, 0.4) is 0 Å². The van der Waals surface area contributed by atoms with Crippen LogP contribution in [-0.4, -0.2) is 42.0 Å². The van der Waals surface area contributed by atoms with Gasteiger partial charge in [0.15, 0.2) is 6.10 Å². The molecule has 3 amide bonds. The molecule has 112 valence electrons. The molecule has 1 aliphatic rings. The predicted molar refractivity (Wildman–Crippen MR) is 78.8 cm³/mol. The zero-order chi connectivity index (χ0) is 15.4. The van der Waals surface area contributed by atoms with Crippen molar-refractivity contribution in [2.24, 2.45) is 0 Å². The van der Waals surface area contributed by atoms with Gasteiger partial charge in [-0.25, -0.2) is 9.59 Å². The van der Waals surface area contributed by atoms with Crippen LogP contribution in [0.15, 0.2) is 17.5 Å². The van der Waals surface area contributed by atoms with Gasteiger partial charge in [0.1, 0.15) is 0 Å². The van der Waals surface area contributed by atoms with E-state index in [0.717, 1.165) is 15.3 Å². The molecule has 0 bridgehead atoms. The summed E-state index contributed by atoms with van der Waals surface area (Å²) in [4.78, 5) is 37.0. The summed E-state index contributed by atoms with van der Waals surface area (Å²) in [5, 5.41) is 4.45. The van der Waals surface area contributed by atoms with Gasteiger partial charge in [-0.05, 0) is 36.9 Å². The molecule has 0 aliphatic carbocycles. The number of ether oxygens (including phenoxy) is 1. The first-order valence-corrected chi connectivity index (χ1v) is 7.39. The second-order valence-electron chi connectivity index (χ2n) is 4.60. The van der Waals surface area contributed by atoms with Crippen LogP contribution in [0, 0.1) is 6.92 Å². The molecule has 0 radical (unpaired) electrons. The maximum Gasteiger partial charge on any atom is 0.331 e. The van der Waals surface area contributed by atoms with Gasteiger partial charge in [0, 0.05) is 24.0 Å². The summed E-state index contributed by atoms with van der Waals surface area (Å²) in [6.07, 6.45) is 1.95. The van der Waals surface area contributed by atoms with E-state index in [1.54, 1.807) is 6.08 Å². The molecule has 1 atom stereocenters. The normalized spacial score (nSPS) is 16.1. The zero-order valence-corrected chi connectivity index (χ0v) is 12.6. The van der Waals surface area contributed by atoms with Crippen LogP contribution in [0.5, 0.6) is 0 Å². The van der Waals surface area contributed by atoms with E-state index >= 15 is 0 Å². The molecular weight excluding hydrogens is 292 g/mol. The van der Waals surface area contributed by atoms with Crippen molar-refractivity contribution in [1.82, 2.24) is 10.2 Å². The van der Waals surface area contributed by atoms with Gasteiger partial charge >= 0.3 is 12.0 Å². The molecular formula is C14H16N2O4S. The van der Waals surface area contributed by atoms with Crippen molar-refractivity contribution in [3.63, 3.8) is 0 Å². The first-order valence-electron chi connectivity index (χ1n) is 6.51. The Bertz CT molecular complexity index is 594. The summed E-state index contributed by atoms with van der Waals surface area (Å²) in [5.41, 5.74) is 1.07. The van der Waals surface area contributed by atoms with Crippen LogP contribution in [0.1, 0.15) is 17.4 Å². The fourth-order valence-electron chi connectivity index (χ4n) is 1.86. The first-order chi connectivity index (χ1) is 9.99. The number of nitrogens with one attached hydrogen (secondary N) is 1. The van der Waals surface area contributed by atoms with E-state index in [1.807, 2.05) is 18.4 Å². The molecule has 6 nitrogen and oxygen atoms in total. The van der Waals surface area contributed by atoms with Gasteiger partial charge in [-0.15, -0.1) is 11.3 Å². The quantitative estimate of drug-likeness (QED) is 0.676. The van der Waals surface area contributed by atoms with Gasteiger partial charge in [0.2, 0.25) is 0 Å². The maximum absolute atomic E-state index is 11.9. The molecule has 1 saturated heterocycles. The second-order valence-corrected chi connectivity index (χ2v) is 5.55. The Balaban J connectivity index is 1.90. The van der Waals surface area contributed by atoms with E-state index in [0.29, 0.717) is 13.1 Å². The van der Waals surface area contributed by atoms with E-state index in [2.05, 4.69) is 5.32 Å². The number of rotatable bonds is 4. The Kier molecular flexibility index (Phi) is 4.74. The van der Waals surface area contributed by atoms with E-state index in [1.165, 1.54) is 24.3 Å². The molecule has 1 aliphatic heterocycles. The Morgan fingerprint density at radius 3 is 2.86 bits per heavy atom. The number of aryl methyl sites for hydroxylation is 1. The summed E-state index contributed by atoms with van der Waals surface area (Å²) in [5.74, 6) is -1.12. The lowest BCUT2D eigenvalue weighted by molar-refractivity contribution is -0.153. The minimum absolute atomic E-state index is 0.295. The molecule has 0 spiro atoms. The fourth-order valence-corrected chi connectivity index (χ4v) is 2.68. The third-order valence-corrected chi connectivity index (χ3v) is 4.02. The van der Waals surface area contributed by atoms with Crippen LogP contribution >= 0.6 is 11.3 Å². The zero-order valence-electron chi connectivity index (χ0n) is 11.8. The molecule has 0 unspecified atom stereocenters. The first kappa shape index (κ1) is 15.2. The summed E-state index contributed by atoms with van der Waals surface area (Å²) >= 11 is 1.51. The van der Waals surface area contributed by atoms with Crippen LogP contribution in [-0.2, 0) is 14.3 Å². The highest BCUT2D eigenvalue weighted by molar-refractivity contribution is 7.11. The number of amides is 3. The molecule has 7 heteroatoms. The SMILES string of the molecule is Cc1ccsc1/C=C/C(=O)O[C@@H](C)C(=O)N1CCNC1=O. The smallest absolute Gasteiger partial charge is 0.331 e. The van der Waals surface area contributed by atoms with Crippen molar-refractivity contribution in [3.05, 3.63) is 28.0 Å². The molecule has 2 rings (SSSR count). The number of nitrogens with zero attached hydrogens (tertiary/aromatic N) is 1. The van der Waals surface area contributed by atoms with Crippen molar-refractivity contribution in [2.75, 3.05) is 13.1 Å². The highest BCUT2D eigenvalue weighted by Gasteiger charge is 2.31. The average Bonchev–Trinajstić information content (AvgIpc) is 3.04. The summed E-state index contributed by atoms with van der Waals surface area (Å²) in [6, 6.07) is 1.50. The Labute approximate surface area is 126 Å². The van der Waals surface area contributed by atoms with Crippen molar-refractivity contribution in [1.29, 1.82) is 0 Å². The Morgan fingerprint density at radius 2 is 2.29 bits per heavy atom. The molecule has 21 heavy (non-hydrogen) atoms. The number of urea groups is 1. The Hall–Kier alpha value is -2.15. The van der Waals surface area contributed by atoms with E-state index in [9.17, 15) is 14.4 Å². The van der Waals surface area contributed by atoms with Gasteiger partial charge in [-0.1, -0.05) is 0 Å². The van der Waals surface area contributed by atoms with Gasteiger partial charge in [-0.2, -0.15) is 0 Å². The second kappa shape index (κ2) is 6.53. The van der Waals surface area contributed by atoms with E-state index in [4.69, 9.17) is 4.74 Å². The molecule has 1 aromatic rings. The number of hydrogen-bond donors (Lipinski definition) is 1. The number of esters is 1. The summed E-state index contributed by atoms with van der Waals surface area (Å²) < 4.78 is 5.02. The van der Waals surface area contributed by atoms with Crippen molar-refractivity contribution >= 4 is 35.3 Å². The highest BCUT2D eigenvalue weighted by Crippen LogP contribution is 2.17. The monoisotopic (exact) mass is 308 g/mol. The molecule has 0 saturated carbocycles. The van der Waals surface area contributed by atoms with E-state index < -0.39 is 24.0 Å². The fraction of sp³-hybridized carbons (Fsp3) is 0.357. The topological polar surface area (TPSA) is 75.7 Å². The number of carbonyl (C=O) groups is 3. The van der Waals surface area contributed by atoms with Gasteiger partial charge < -0.3 is 10.1 Å². The van der Waals surface area contributed by atoms with Gasteiger partial charge in [0.25, 0.3) is 5.91 Å². The number of hydrogen-bond acceptors (Lipinski definition) is 5. The lowest BCUT2D eigenvalue weighted by atomic mass is 10.3. The average molecular weight is 308 g/mol. The van der Waals surface area contributed by atoms with E-state index in [-0.39, 0.29) is 0 Å². The lowest BCUT2D eigenvalue weighted by Gasteiger charge is -2.17. The number of thiophene rings is 1. The molecule has 1 N–H and O–H groups in total. The van der Waals surface area contributed by atoms with Crippen LogP contribution in [0.25, 0.3) is 6.08 Å². The number of carbonyl (C=O) groups excluding carboxylic acids is 3. The Morgan fingerprint density at radius 1 is 1.52 bits per heavy atom. The standard InChI is InChI=1S/C14H16N2O4S/c1-9-5-8-21-11(9)3-4-12(17)20-10(2)13(18)16-7-6-15-14(16)19/h3-5,8,10H,6-7H2,1-2H3,(H,15,19)/b4-3+/t10-/m0/s1. The predicted octanol–water partition coefficient (Wildman–Crippen LogP) is 1.55. The highest BCUT2D eigenvalue weighted by atomic mass is 32.1. The molecule has 0 aromatic carbocycles. The van der Waals surface area contributed by atoms with Crippen molar-refractivity contribution in [3.8, 4) is 0 Å². The largest absolute Gasteiger partial charge is 0.449 e.